The minimum absolute atomic E-state index is 0.455. The lowest BCUT2D eigenvalue weighted by Gasteiger charge is -2.16. The summed E-state index contributed by atoms with van der Waals surface area (Å²) in [6, 6.07) is 7.43. The molecule has 0 heterocycles. The van der Waals surface area contributed by atoms with E-state index in [-0.39, 0.29) is 0 Å². The van der Waals surface area contributed by atoms with Gasteiger partial charge in [0.25, 0.3) is 0 Å². The quantitative estimate of drug-likeness (QED) is 0.871. The Balaban J connectivity index is 2.03. The number of hydrogen-bond donors (Lipinski definition) is 2. The monoisotopic (exact) mass is 336 g/mol. The molecule has 7 heteroatoms. The van der Waals surface area contributed by atoms with E-state index in [0.717, 1.165) is 12.1 Å². The molecule has 0 aromatic heterocycles. The van der Waals surface area contributed by atoms with Crippen LogP contribution in [0.25, 0.3) is 0 Å². The molecular weight excluding hydrogens is 318 g/mol. The lowest BCUT2D eigenvalue weighted by molar-refractivity contribution is 0.249. The third-order valence-electron chi connectivity index (χ3n) is 3.43. The van der Waals surface area contributed by atoms with Gasteiger partial charge in [-0.15, -0.1) is 0 Å². The van der Waals surface area contributed by atoms with Crippen LogP contribution in [0.1, 0.15) is 18.5 Å². The standard InChI is InChI=1S/C17H18F2N2O3/c1-10(11-4-6-13(18)14(19)8-11)20-17(22)21-12-5-7-15(23-2)16(9-12)24-3/h4-10H,1-3H3,(H2,20,21,22). The number of ether oxygens (including phenoxy) is 2. The Hall–Kier alpha value is -2.83. The van der Waals surface area contributed by atoms with Gasteiger partial charge in [-0.1, -0.05) is 6.07 Å². The Morgan fingerprint density at radius 2 is 1.71 bits per heavy atom. The minimum Gasteiger partial charge on any atom is -0.493 e. The van der Waals surface area contributed by atoms with Crippen LogP contribution in [0, 0.1) is 11.6 Å². The van der Waals surface area contributed by atoms with Gasteiger partial charge in [-0.05, 0) is 36.8 Å². The number of carbonyl (C=O) groups is 1. The molecule has 2 amide bonds. The third kappa shape index (κ3) is 4.13. The van der Waals surface area contributed by atoms with Crippen LogP contribution in [0.2, 0.25) is 0 Å². The van der Waals surface area contributed by atoms with Gasteiger partial charge in [0, 0.05) is 11.8 Å². The lowest BCUT2D eigenvalue weighted by atomic mass is 10.1. The molecule has 2 aromatic carbocycles. The topological polar surface area (TPSA) is 59.6 Å². The summed E-state index contributed by atoms with van der Waals surface area (Å²) >= 11 is 0. The summed E-state index contributed by atoms with van der Waals surface area (Å²) in [4.78, 5) is 12.0. The zero-order chi connectivity index (χ0) is 17.7. The van der Waals surface area contributed by atoms with Crippen molar-refractivity contribution < 1.29 is 23.0 Å². The van der Waals surface area contributed by atoms with Gasteiger partial charge < -0.3 is 20.1 Å². The van der Waals surface area contributed by atoms with E-state index in [4.69, 9.17) is 9.47 Å². The number of methoxy groups -OCH3 is 2. The van der Waals surface area contributed by atoms with E-state index >= 15 is 0 Å². The van der Waals surface area contributed by atoms with Crippen LogP contribution in [0.15, 0.2) is 36.4 Å². The third-order valence-corrected chi connectivity index (χ3v) is 3.43. The molecule has 2 rings (SSSR count). The average molecular weight is 336 g/mol. The molecule has 0 bridgehead atoms. The van der Waals surface area contributed by atoms with Crippen LogP contribution in [-0.4, -0.2) is 20.3 Å². The molecule has 2 N–H and O–H groups in total. The van der Waals surface area contributed by atoms with Crippen molar-refractivity contribution in [3.05, 3.63) is 53.6 Å². The van der Waals surface area contributed by atoms with Crippen molar-refractivity contribution in [1.82, 2.24) is 5.32 Å². The Labute approximate surface area is 138 Å². The summed E-state index contributed by atoms with van der Waals surface area (Å²) in [5.74, 6) is -0.871. The summed E-state index contributed by atoms with van der Waals surface area (Å²) in [6.45, 7) is 1.67. The molecule has 0 spiro atoms. The molecule has 5 nitrogen and oxygen atoms in total. The van der Waals surface area contributed by atoms with E-state index in [1.807, 2.05) is 0 Å². The SMILES string of the molecule is COc1ccc(NC(=O)NC(C)c2ccc(F)c(F)c2)cc1OC. The first-order valence-electron chi connectivity index (χ1n) is 7.19. The van der Waals surface area contributed by atoms with Crippen LogP contribution in [-0.2, 0) is 0 Å². The summed E-state index contributed by atoms with van der Waals surface area (Å²) in [5.41, 5.74) is 0.957. The minimum atomic E-state index is -0.957. The molecule has 0 saturated carbocycles. The normalized spacial score (nSPS) is 11.5. The van der Waals surface area contributed by atoms with Crippen LogP contribution in [0.3, 0.4) is 0 Å². The number of carbonyl (C=O) groups excluding carboxylic acids is 1. The lowest BCUT2D eigenvalue weighted by Crippen LogP contribution is -2.31. The van der Waals surface area contributed by atoms with E-state index < -0.39 is 23.7 Å². The second-order valence-electron chi connectivity index (χ2n) is 5.06. The zero-order valence-electron chi connectivity index (χ0n) is 13.5. The predicted molar refractivity (Wildman–Crippen MR) is 86.5 cm³/mol. The first kappa shape index (κ1) is 17.5. The van der Waals surface area contributed by atoms with Crippen LogP contribution in [0.5, 0.6) is 11.5 Å². The van der Waals surface area contributed by atoms with Crippen molar-refractivity contribution in [2.24, 2.45) is 0 Å². The largest absolute Gasteiger partial charge is 0.493 e. The van der Waals surface area contributed by atoms with Gasteiger partial charge in [0.2, 0.25) is 0 Å². The summed E-state index contributed by atoms with van der Waals surface area (Å²) < 4.78 is 36.5. The van der Waals surface area contributed by atoms with Gasteiger partial charge in [0.1, 0.15) is 0 Å². The van der Waals surface area contributed by atoms with Crippen LogP contribution >= 0.6 is 0 Å². The fourth-order valence-corrected chi connectivity index (χ4v) is 2.14. The summed E-state index contributed by atoms with van der Waals surface area (Å²) in [7, 11) is 3.01. The number of urea groups is 1. The summed E-state index contributed by atoms with van der Waals surface area (Å²) in [5, 5.41) is 5.29. The highest BCUT2D eigenvalue weighted by atomic mass is 19.2. The van der Waals surface area contributed by atoms with Gasteiger partial charge in [-0.3, -0.25) is 0 Å². The molecule has 0 aliphatic carbocycles. The van der Waals surface area contributed by atoms with Crippen molar-refractivity contribution in [3.8, 4) is 11.5 Å². The Bertz CT molecular complexity index is 738. The second-order valence-corrected chi connectivity index (χ2v) is 5.06. The number of anilines is 1. The Kier molecular flexibility index (Phi) is 5.57. The molecule has 128 valence electrons. The maximum Gasteiger partial charge on any atom is 0.319 e. The highest BCUT2D eigenvalue weighted by Gasteiger charge is 2.13. The van der Waals surface area contributed by atoms with E-state index in [1.165, 1.54) is 20.3 Å². The summed E-state index contributed by atoms with van der Waals surface area (Å²) in [6.07, 6.45) is 0. The van der Waals surface area contributed by atoms with Gasteiger partial charge in [0.15, 0.2) is 23.1 Å². The maximum absolute atomic E-state index is 13.2. The number of halogens is 2. The van der Waals surface area contributed by atoms with Crippen molar-refractivity contribution in [3.63, 3.8) is 0 Å². The van der Waals surface area contributed by atoms with Crippen LogP contribution < -0.4 is 20.1 Å². The van der Waals surface area contributed by atoms with E-state index in [1.54, 1.807) is 25.1 Å². The van der Waals surface area contributed by atoms with Gasteiger partial charge in [-0.25, -0.2) is 13.6 Å². The predicted octanol–water partition coefficient (Wildman–Crippen LogP) is 3.86. The highest BCUT2D eigenvalue weighted by molar-refractivity contribution is 5.89. The molecule has 2 aromatic rings. The zero-order valence-corrected chi connectivity index (χ0v) is 13.5. The molecule has 0 aliphatic heterocycles. The van der Waals surface area contributed by atoms with E-state index in [0.29, 0.717) is 22.7 Å². The number of rotatable bonds is 5. The second kappa shape index (κ2) is 7.63. The first-order chi connectivity index (χ1) is 11.4. The maximum atomic E-state index is 13.2. The molecule has 0 radical (unpaired) electrons. The van der Waals surface area contributed by atoms with Crippen molar-refractivity contribution in [2.75, 3.05) is 19.5 Å². The molecule has 1 atom stereocenters. The fourth-order valence-electron chi connectivity index (χ4n) is 2.14. The number of nitrogens with one attached hydrogen (secondary N) is 2. The van der Waals surface area contributed by atoms with Gasteiger partial charge in [-0.2, -0.15) is 0 Å². The highest BCUT2D eigenvalue weighted by Crippen LogP contribution is 2.29. The van der Waals surface area contributed by atoms with Crippen LogP contribution in [0.4, 0.5) is 19.3 Å². The first-order valence-corrected chi connectivity index (χ1v) is 7.19. The van der Waals surface area contributed by atoms with E-state index in [9.17, 15) is 13.6 Å². The van der Waals surface area contributed by atoms with Crippen molar-refractivity contribution >= 4 is 11.7 Å². The smallest absolute Gasteiger partial charge is 0.319 e. The molecular formula is C17H18F2N2O3. The van der Waals surface area contributed by atoms with Crippen molar-refractivity contribution in [2.45, 2.75) is 13.0 Å². The van der Waals surface area contributed by atoms with Gasteiger partial charge in [0.05, 0.1) is 20.3 Å². The molecule has 0 fully saturated rings. The average Bonchev–Trinajstić information content (AvgIpc) is 2.56. The molecule has 1 unspecified atom stereocenters. The number of hydrogen-bond acceptors (Lipinski definition) is 3. The molecule has 0 saturated heterocycles. The van der Waals surface area contributed by atoms with Crippen molar-refractivity contribution in [1.29, 1.82) is 0 Å². The Morgan fingerprint density at radius 3 is 2.33 bits per heavy atom. The fraction of sp³-hybridized carbons (Fsp3) is 0.235. The van der Waals surface area contributed by atoms with Gasteiger partial charge >= 0.3 is 6.03 Å². The number of benzene rings is 2. The molecule has 24 heavy (non-hydrogen) atoms. The molecule has 0 aliphatic rings. The Morgan fingerprint density at radius 1 is 1.00 bits per heavy atom. The van der Waals surface area contributed by atoms with E-state index in [2.05, 4.69) is 10.6 Å². The number of amides is 2.